The fourth-order valence-electron chi connectivity index (χ4n) is 3.95. The van der Waals surface area contributed by atoms with Crippen molar-refractivity contribution in [2.24, 2.45) is 0 Å². The van der Waals surface area contributed by atoms with E-state index < -0.39 is 12.0 Å². The zero-order chi connectivity index (χ0) is 25.7. The molecule has 188 valence electrons. The summed E-state index contributed by atoms with van der Waals surface area (Å²) in [7, 11) is 0. The Kier molecular flexibility index (Phi) is 8.64. The van der Waals surface area contributed by atoms with Gasteiger partial charge in [0.1, 0.15) is 12.6 Å². The number of hydrogen-bond acceptors (Lipinski definition) is 4. The number of H-pyrrole nitrogens is 1. The number of hydrogen-bond donors (Lipinski definition) is 3. The number of carboxylic acids is 1. The molecule has 0 aliphatic heterocycles. The summed E-state index contributed by atoms with van der Waals surface area (Å²) in [5, 5.41) is 15.3. The number of nitrogens with one attached hydrogen (secondary N) is 2. The molecule has 9 heteroatoms. The standard InChI is InChI=1S/C27H25Cl3N2O4/c1-2-35-25-11-16(10-22(30)26(25)36-15-19-20(28)7-5-8-21(19)29)13-31-24(27(33)34)12-17-14-32-23-9-4-3-6-18(17)23/h3-11,14,24,31-32H,2,12-13,15H2,1H3,(H,33,34). The highest BCUT2D eigenvalue weighted by molar-refractivity contribution is 6.36. The van der Waals surface area contributed by atoms with Gasteiger partial charge in [0.05, 0.1) is 11.6 Å². The van der Waals surface area contributed by atoms with Crippen molar-refractivity contribution in [2.75, 3.05) is 6.61 Å². The summed E-state index contributed by atoms with van der Waals surface area (Å²) >= 11 is 19.1. The summed E-state index contributed by atoms with van der Waals surface area (Å²) in [6.45, 7) is 2.64. The molecule has 0 amide bonds. The molecule has 0 aliphatic carbocycles. The van der Waals surface area contributed by atoms with Gasteiger partial charge in [0.2, 0.25) is 0 Å². The fraction of sp³-hybridized carbons (Fsp3) is 0.222. The number of aromatic nitrogens is 1. The zero-order valence-electron chi connectivity index (χ0n) is 19.5. The highest BCUT2D eigenvalue weighted by atomic mass is 35.5. The summed E-state index contributed by atoms with van der Waals surface area (Å²) in [4.78, 5) is 15.2. The van der Waals surface area contributed by atoms with E-state index in [1.807, 2.05) is 37.4 Å². The van der Waals surface area contributed by atoms with Crippen LogP contribution in [0.15, 0.2) is 60.8 Å². The molecule has 3 N–H and O–H groups in total. The molecule has 4 aromatic rings. The van der Waals surface area contributed by atoms with Crippen LogP contribution in [0, 0.1) is 0 Å². The quantitative estimate of drug-likeness (QED) is 0.190. The molecule has 0 saturated carbocycles. The van der Waals surface area contributed by atoms with Gasteiger partial charge in [-0.1, -0.05) is 59.1 Å². The first kappa shape index (κ1) is 26.2. The Balaban J connectivity index is 1.49. The first-order valence-electron chi connectivity index (χ1n) is 11.4. The Morgan fingerprint density at radius 1 is 1.03 bits per heavy atom. The summed E-state index contributed by atoms with van der Waals surface area (Å²) in [5.74, 6) is -0.117. The molecule has 0 spiro atoms. The molecule has 0 saturated heterocycles. The third-order valence-corrected chi connectivity index (χ3v) is 6.73. The molecule has 1 aromatic heterocycles. The molecule has 6 nitrogen and oxygen atoms in total. The van der Waals surface area contributed by atoms with Crippen molar-refractivity contribution in [3.63, 3.8) is 0 Å². The van der Waals surface area contributed by atoms with Crippen molar-refractivity contribution in [2.45, 2.75) is 32.5 Å². The van der Waals surface area contributed by atoms with Crippen LogP contribution in [0.5, 0.6) is 11.5 Å². The lowest BCUT2D eigenvalue weighted by atomic mass is 10.0. The smallest absolute Gasteiger partial charge is 0.321 e. The molecule has 1 unspecified atom stereocenters. The van der Waals surface area contributed by atoms with Gasteiger partial charge in [-0.05, 0) is 48.4 Å². The highest BCUT2D eigenvalue weighted by Gasteiger charge is 2.21. The van der Waals surface area contributed by atoms with Gasteiger partial charge in [-0.2, -0.15) is 0 Å². The monoisotopic (exact) mass is 546 g/mol. The molecular weight excluding hydrogens is 523 g/mol. The number of halogens is 3. The maximum absolute atomic E-state index is 12.0. The number of benzene rings is 3. The van der Waals surface area contributed by atoms with Gasteiger partial charge in [0, 0.05) is 45.7 Å². The predicted octanol–water partition coefficient (Wildman–Crippen LogP) is 6.89. The molecule has 0 bridgehead atoms. The third-order valence-electron chi connectivity index (χ3n) is 5.74. The first-order chi connectivity index (χ1) is 17.4. The minimum Gasteiger partial charge on any atom is -0.490 e. The van der Waals surface area contributed by atoms with E-state index in [9.17, 15) is 9.90 Å². The van der Waals surface area contributed by atoms with Crippen LogP contribution in [0.4, 0.5) is 0 Å². The summed E-state index contributed by atoms with van der Waals surface area (Å²) in [6.07, 6.45) is 2.18. The SMILES string of the molecule is CCOc1cc(CNC(Cc2c[nH]c3ccccc23)C(=O)O)cc(Cl)c1OCc1c(Cl)cccc1Cl. The highest BCUT2D eigenvalue weighted by Crippen LogP contribution is 2.38. The van der Waals surface area contributed by atoms with Crippen LogP contribution in [0.3, 0.4) is 0 Å². The average molecular weight is 548 g/mol. The Bertz CT molecular complexity index is 1350. The van der Waals surface area contributed by atoms with Crippen LogP contribution in [0.1, 0.15) is 23.6 Å². The van der Waals surface area contributed by atoms with E-state index in [4.69, 9.17) is 44.3 Å². The van der Waals surface area contributed by atoms with Crippen molar-refractivity contribution >= 4 is 51.7 Å². The van der Waals surface area contributed by atoms with E-state index in [2.05, 4.69) is 10.3 Å². The van der Waals surface area contributed by atoms with Crippen LogP contribution in [0.2, 0.25) is 15.1 Å². The Morgan fingerprint density at radius 2 is 1.78 bits per heavy atom. The zero-order valence-corrected chi connectivity index (χ0v) is 21.8. The van der Waals surface area contributed by atoms with E-state index in [1.54, 1.807) is 30.3 Å². The van der Waals surface area contributed by atoms with Crippen molar-refractivity contribution in [1.82, 2.24) is 10.3 Å². The number of para-hydroxylation sites is 1. The van der Waals surface area contributed by atoms with Crippen molar-refractivity contribution in [3.8, 4) is 11.5 Å². The second kappa shape index (κ2) is 11.9. The minimum atomic E-state index is -0.937. The minimum absolute atomic E-state index is 0.113. The van der Waals surface area contributed by atoms with Gasteiger partial charge in [-0.3, -0.25) is 4.79 Å². The van der Waals surface area contributed by atoms with Gasteiger partial charge >= 0.3 is 5.97 Å². The molecule has 4 rings (SSSR count). The van der Waals surface area contributed by atoms with E-state index in [0.29, 0.717) is 45.2 Å². The number of aromatic amines is 1. The van der Waals surface area contributed by atoms with Crippen LogP contribution in [0.25, 0.3) is 10.9 Å². The Morgan fingerprint density at radius 3 is 2.50 bits per heavy atom. The van der Waals surface area contributed by atoms with E-state index in [-0.39, 0.29) is 13.2 Å². The normalized spacial score (nSPS) is 12.0. The van der Waals surface area contributed by atoms with Crippen molar-refractivity contribution in [1.29, 1.82) is 0 Å². The number of carbonyl (C=O) groups is 1. The van der Waals surface area contributed by atoms with Gasteiger partial charge < -0.3 is 24.9 Å². The lowest BCUT2D eigenvalue weighted by Crippen LogP contribution is -2.38. The maximum atomic E-state index is 12.0. The van der Waals surface area contributed by atoms with Crippen LogP contribution >= 0.6 is 34.8 Å². The second-order valence-corrected chi connectivity index (χ2v) is 9.38. The van der Waals surface area contributed by atoms with Crippen molar-refractivity contribution in [3.05, 3.63) is 92.6 Å². The van der Waals surface area contributed by atoms with E-state index in [1.165, 1.54) is 0 Å². The van der Waals surface area contributed by atoms with Crippen LogP contribution < -0.4 is 14.8 Å². The van der Waals surface area contributed by atoms with Gasteiger partial charge in [-0.25, -0.2) is 0 Å². The van der Waals surface area contributed by atoms with E-state index >= 15 is 0 Å². The molecule has 0 fully saturated rings. The molecule has 1 atom stereocenters. The second-order valence-electron chi connectivity index (χ2n) is 8.16. The summed E-state index contributed by atoms with van der Waals surface area (Å²) in [5.41, 5.74) is 3.31. The number of rotatable bonds is 11. The summed E-state index contributed by atoms with van der Waals surface area (Å²) < 4.78 is 11.7. The maximum Gasteiger partial charge on any atom is 0.321 e. The molecule has 3 aromatic carbocycles. The Labute approximate surface area is 224 Å². The largest absolute Gasteiger partial charge is 0.490 e. The molecular formula is C27H25Cl3N2O4. The number of aliphatic carboxylic acids is 1. The van der Waals surface area contributed by atoms with Gasteiger partial charge in [0.25, 0.3) is 0 Å². The van der Waals surface area contributed by atoms with Crippen LogP contribution in [-0.4, -0.2) is 28.7 Å². The lowest BCUT2D eigenvalue weighted by Gasteiger charge is -2.18. The van der Waals surface area contributed by atoms with E-state index in [0.717, 1.165) is 22.0 Å². The van der Waals surface area contributed by atoms with Crippen molar-refractivity contribution < 1.29 is 19.4 Å². The molecule has 0 aliphatic rings. The molecule has 1 heterocycles. The number of carboxylic acid groups (broad SMARTS) is 1. The predicted molar refractivity (Wildman–Crippen MR) is 144 cm³/mol. The first-order valence-corrected chi connectivity index (χ1v) is 12.5. The lowest BCUT2D eigenvalue weighted by molar-refractivity contribution is -0.139. The fourth-order valence-corrected chi connectivity index (χ4v) is 4.74. The number of fused-ring (bicyclic) bond motifs is 1. The Hall–Kier alpha value is -2.90. The third kappa shape index (κ3) is 6.08. The van der Waals surface area contributed by atoms with Crippen LogP contribution in [-0.2, 0) is 24.4 Å². The number of ether oxygens (including phenoxy) is 2. The van der Waals surface area contributed by atoms with Gasteiger partial charge in [-0.15, -0.1) is 0 Å². The summed E-state index contributed by atoms with van der Waals surface area (Å²) in [6, 6.07) is 15.8. The molecule has 0 radical (unpaired) electrons. The topological polar surface area (TPSA) is 83.6 Å². The molecule has 36 heavy (non-hydrogen) atoms. The van der Waals surface area contributed by atoms with Gasteiger partial charge in [0.15, 0.2) is 11.5 Å². The average Bonchev–Trinajstić information content (AvgIpc) is 3.25.